The highest BCUT2D eigenvalue weighted by Gasteiger charge is 2.38. The molecule has 4 N–H and O–H groups in total. The summed E-state index contributed by atoms with van der Waals surface area (Å²) >= 11 is 1.41. The molecule has 0 bridgehead atoms. The van der Waals surface area contributed by atoms with E-state index in [-0.39, 0.29) is 5.91 Å². The topological polar surface area (TPSA) is 102 Å². The molecule has 0 spiro atoms. The Morgan fingerprint density at radius 2 is 1.72 bits per heavy atom. The Balaban J connectivity index is 0.000000451. The lowest BCUT2D eigenvalue weighted by Gasteiger charge is -2.21. The first-order valence-electron chi connectivity index (χ1n) is 10.3. The summed E-state index contributed by atoms with van der Waals surface area (Å²) in [5.41, 5.74) is 6.37. The van der Waals surface area contributed by atoms with E-state index in [0.717, 1.165) is 35.2 Å². The van der Waals surface area contributed by atoms with E-state index < -0.39 is 12.1 Å². The van der Waals surface area contributed by atoms with Crippen LogP contribution in [-0.2, 0) is 4.79 Å². The van der Waals surface area contributed by atoms with Crippen LogP contribution in [0.25, 0.3) is 10.4 Å². The number of carboxylic acids is 1. The molecule has 0 unspecified atom stereocenters. The lowest BCUT2D eigenvalue weighted by atomic mass is 9.89. The summed E-state index contributed by atoms with van der Waals surface area (Å²) < 4.78 is 37.5. The van der Waals surface area contributed by atoms with Crippen LogP contribution in [-0.4, -0.2) is 42.9 Å². The van der Waals surface area contributed by atoms with Crippen LogP contribution >= 0.6 is 11.3 Å². The number of benzene rings is 1. The Morgan fingerprint density at radius 3 is 2.25 bits per heavy atom. The van der Waals surface area contributed by atoms with Crippen molar-refractivity contribution in [2.75, 3.05) is 19.7 Å². The number of amides is 1. The number of carbonyl (C=O) groups is 2. The molecule has 3 rings (SSSR count). The fraction of sp³-hybridized carbons (Fsp3) is 0.455. The second-order valence-corrected chi connectivity index (χ2v) is 8.50. The summed E-state index contributed by atoms with van der Waals surface area (Å²) in [7, 11) is 0. The van der Waals surface area contributed by atoms with Gasteiger partial charge in [0.25, 0.3) is 5.91 Å². The maximum absolute atomic E-state index is 11.2. The molecule has 2 aromatic rings. The number of rotatable bonds is 8. The Hall–Kier alpha value is -2.59. The van der Waals surface area contributed by atoms with E-state index in [1.807, 2.05) is 30.3 Å². The first kappa shape index (κ1) is 25.7. The van der Waals surface area contributed by atoms with Crippen molar-refractivity contribution in [3.63, 3.8) is 0 Å². The zero-order valence-electron chi connectivity index (χ0n) is 17.5. The van der Waals surface area contributed by atoms with Crippen LogP contribution in [0.3, 0.4) is 0 Å². The molecule has 1 aliphatic rings. The highest BCUT2D eigenvalue weighted by molar-refractivity contribution is 7.17. The van der Waals surface area contributed by atoms with Gasteiger partial charge >= 0.3 is 12.1 Å². The maximum atomic E-state index is 11.2. The number of nitrogens with one attached hydrogen (secondary N) is 1. The van der Waals surface area contributed by atoms with E-state index in [0.29, 0.717) is 11.5 Å². The summed E-state index contributed by atoms with van der Waals surface area (Å²) in [6, 6.07) is 11.7. The van der Waals surface area contributed by atoms with Crippen molar-refractivity contribution in [1.82, 2.24) is 5.32 Å². The van der Waals surface area contributed by atoms with Gasteiger partial charge in [0.15, 0.2) is 0 Å². The van der Waals surface area contributed by atoms with Crippen LogP contribution in [0.2, 0.25) is 0 Å². The summed E-state index contributed by atoms with van der Waals surface area (Å²) in [6.45, 7) is 2.67. The van der Waals surface area contributed by atoms with Crippen LogP contribution in [0.4, 0.5) is 13.2 Å². The fourth-order valence-corrected chi connectivity index (χ4v) is 4.14. The molecule has 0 radical (unpaired) electrons. The Kier molecular flexibility index (Phi) is 9.98. The van der Waals surface area contributed by atoms with Crippen molar-refractivity contribution < 1.29 is 32.6 Å². The Labute approximate surface area is 188 Å². The summed E-state index contributed by atoms with van der Waals surface area (Å²) in [4.78, 5) is 21.7. The highest BCUT2D eigenvalue weighted by Crippen LogP contribution is 2.29. The lowest BCUT2D eigenvalue weighted by molar-refractivity contribution is -0.192. The number of primary amides is 1. The molecule has 0 aliphatic heterocycles. The molecule has 1 aliphatic carbocycles. The van der Waals surface area contributed by atoms with Gasteiger partial charge in [0.2, 0.25) is 0 Å². The van der Waals surface area contributed by atoms with Crippen molar-refractivity contribution in [2.45, 2.75) is 38.3 Å². The molecule has 176 valence electrons. The molecule has 10 heteroatoms. The predicted molar refractivity (Wildman–Crippen MR) is 117 cm³/mol. The van der Waals surface area contributed by atoms with Crippen LogP contribution < -0.4 is 15.8 Å². The standard InChI is InChI=1S/C20H26N2O2S.C2HF3O2/c21-20(23)19-11-10-18(25-19)16-6-8-17(9-7-16)24-13-12-22-14-15-4-2-1-3-5-15;3-2(4,5)1(6)7/h6-11,15,22H,1-5,12-14H2,(H2,21,23);(H,6,7). The molecule has 0 atom stereocenters. The van der Waals surface area contributed by atoms with Gasteiger partial charge in [-0.25, -0.2) is 4.79 Å². The maximum Gasteiger partial charge on any atom is 0.490 e. The predicted octanol–water partition coefficient (Wildman–Crippen LogP) is 4.70. The average molecular weight is 473 g/mol. The number of carbonyl (C=O) groups excluding carboxylic acids is 1. The number of nitrogens with two attached hydrogens (primary N) is 1. The van der Waals surface area contributed by atoms with Crippen LogP contribution in [0.15, 0.2) is 36.4 Å². The number of alkyl halides is 3. The van der Waals surface area contributed by atoms with Crippen LogP contribution in [0.1, 0.15) is 41.8 Å². The van der Waals surface area contributed by atoms with Crippen molar-refractivity contribution in [1.29, 1.82) is 0 Å². The van der Waals surface area contributed by atoms with Crippen molar-refractivity contribution in [3.05, 3.63) is 41.3 Å². The lowest BCUT2D eigenvalue weighted by Crippen LogP contribution is -2.28. The van der Waals surface area contributed by atoms with E-state index in [1.165, 1.54) is 43.4 Å². The Bertz CT molecular complexity index is 863. The minimum atomic E-state index is -5.08. The number of aliphatic carboxylic acids is 1. The first-order chi connectivity index (χ1) is 15.2. The normalized spacial score (nSPS) is 14.3. The van der Waals surface area contributed by atoms with E-state index in [1.54, 1.807) is 6.07 Å². The van der Waals surface area contributed by atoms with E-state index >= 15 is 0 Å². The van der Waals surface area contributed by atoms with Gasteiger partial charge in [-0.3, -0.25) is 4.79 Å². The number of ether oxygens (including phenoxy) is 1. The SMILES string of the molecule is NC(=O)c1ccc(-c2ccc(OCCNCC3CCCCC3)cc2)s1.O=C(O)C(F)(F)F. The minimum Gasteiger partial charge on any atom is -0.492 e. The monoisotopic (exact) mass is 472 g/mol. The molecule has 1 aromatic heterocycles. The molecule has 32 heavy (non-hydrogen) atoms. The third kappa shape index (κ3) is 8.88. The molecule has 1 heterocycles. The van der Waals surface area contributed by atoms with Gasteiger partial charge in [0.1, 0.15) is 12.4 Å². The van der Waals surface area contributed by atoms with Crippen LogP contribution in [0.5, 0.6) is 5.75 Å². The first-order valence-corrected chi connectivity index (χ1v) is 11.1. The zero-order valence-corrected chi connectivity index (χ0v) is 18.3. The summed E-state index contributed by atoms with van der Waals surface area (Å²) in [5.74, 6) is -1.41. The van der Waals surface area contributed by atoms with Gasteiger partial charge in [-0.2, -0.15) is 13.2 Å². The third-order valence-electron chi connectivity index (χ3n) is 4.94. The van der Waals surface area contributed by atoms with Gasteiger partial charge in [-0.1, -0.05) is 19.3 Å². The molecule has 6 nitrogen and oxygen atoms in total. The van der Waals surface area contributed by atoms with Gasteiger partial charge in [0.05, 0.1) is 4.88 Å². The average Bonchev–Trinajstić information content (AvgIpc) is 3.25. The van der Waals surface area contributed by atoms with Gasteiger partial charge in [0, 0.05) is 11.4 Å². The number of thiophene rings is 1. The number of carboxylic acid groups (broad SMARTS) is 1. The Morgan fingerprint density at radius 1 is 1.09 bits per heavy atom. The quantitative estimate of drug-likeness (QED) is 0.484. The number of hydrogen-bond acceptors (Lipinski definition) is 5. The smallest absolute Gasteiger partial charge is 0.490 e. The second-order valence-electron chi connectivity index (χ2n) is 7.41. The molecular formula is C22H27F3N2O4S. The van der Waals surface area contributed by atoms with E-state index in [9.17, 15) is 18.0 Å². The van der Waals surface area contributed by atoms with Crippen molar-refractivity contribution in [3.8, 4) is 16.2 Å². The molecular weight excluding hydrogens is 445 g/mol. The van der Waals surface area contributed by atoms with Gasteiger partial charge < -0.3 is 20.9 Å². The van der Waals surface area contributed by atoms with Gasteiger partial charge in [-0.15, -0.1) is 11.3 Å². The largest absolute Gasteiger partial charge is 0.492 e. The van der Waals surface area contributed by atoms with E-state index in [2.05, 4.69) is 5.32 Å². The number of hydrogen-bond donors (Lipinski definition) is 3. The molecule has 1 aromatic carbocycles. The minimum absolute atomic E-state index is 0.378. The summed E-state index contributed by atoms with van der Waals surface area (Å²) in [5, 5.41) is 10.6. The summed E-state index contributed by atoms with van der Waals surface area (Å²) in [6.07, 6.45) is 1.84. The molecule has 1 saturated carbocycles. The molecule has 1 amide bonds. The van der Waals surface area contributed by atoms with E-state index in [4.69, 9.17) is 20.4 Å². The third-order valence-corrected chi connectivity index (χ3v) is 6.08. The molecule has 1 fully saturated rings. The van der Waals surface area contributed by atoms with Gasteiger partial charge in [-0.05, 0) is 67.3 Å². The fourth-order valence-electron chi connectivity index (χ4n) is 3.28. The zero-order chi connectivity index (χ0) is 23.6. The second kappa shape index (κ2) is 12.4. The number of halogens is 3. The van der Waals surface area contributed by atoms with Crippen molar-refractivity contribution in [2.24, 2.45) is 11.7 Å². The molecule has 0 saturated heterocycles. The highest BCUT2D eigenvalue weighted by atomic mass is 32.1. The van der Waals surface area contributed by atoms with Crippen LogP contribution in [0, 0.1) is 5.92 Å². The van der Waals surface area contributed by atoms with Crippen molar-refractivity contribution >= 4 is 23.2 Å².